The monoisotopic (exact) mass is 550 g/mol. The molecular weight excluding hydrogens is 507 g/mol. The van der Waals surface area contributed by atoms with Crippen molar-refractivity contribution in [1.82, 2.24) is 9.88 Å². The van der Waals surface area contributed by atoms with Gasteiger partial charge in [0.15, 0.2) is 8.32 Å². The number of methoxy groups -OCH3 is 1. The maximum Gasteiger partial charge on any atom is 0.330 e. The highest BCUT2D eigenvalue weighted by atomic mass is 28.4. The number of rotatable bonds is 10. The summed E-state index contributed by atoms with van der Waals surface area (Å²) in [4.78, 5) is 17.5. The minimum absolute atomic E-state index is 0.164. The quantitative estimate of drug-likeness (QED) is 0.163. The lowest BCUT2D eigenvalue weighted by atomic mass is 10.0. The third-order valence-electron chi connectivity index (χ3n) is 8.65. The average molecular weight is 551 g/mol. The van der Waals surface area contributed by atoms with Gasteiger partial charge >= 0.3 is 5.97 Å². The molecule has 4 rings (SSSR count). The van der Waals surface area contributed by atoms with Gasteiger partial charge in [0, 0.05) is 48.4 Å². The summed E-state index contributed by atoms with van der Waals surface area (Å²) in [6.45, 7) is 15.9. The predicted octanol–water partition coefficient (Wildman–Crippen LogP) is 7.36. The van der Waals surface area contributed by atoms with Crippen LogP contribution in [0, 0.1) is 12.7 Å². The maximum absolute atomic E-state index is 14.1. The van der Waals surface area contributed by atoms with Crippen molar-refractivity contribution in [3.63, 3.8) is 0 Å². The Kier molecular flexibility index (Phi) is 8.84. The van der Waals surface area contributed by atoms with Crippen LogP contribution in [0.25, 0.3) is 17.0 Å². The van der Waals surface area contributed by atoms with Crippen LogP contribution in [0.5, 0.6) is 0 Å². The molecule has 1 unspecified atom stereocenters. The molecule has 0 bridgehead atoms. The van der Waals surface area contributed by atoms with Crippen LogP contribution in [0.1, 0.15) is 61.2 Å². The molecule has 1 heterocycles. The van der Waals surface area contributed by atoms with Crippen LogP contribution in [-0.4, -0.2) is 51.0 Å². The van der Waals surface area contributed by atoms with Crippen LogP contribution in [0.15, 0.2) is 42.5 Å². The van der Waals surface area contributed by atoms with E-state index in [1.807, 2.05) is 12.1 Å². The summed E-state index contributed by atoms with van der Waals surface area (Å²) in [5.41, 5.74) is 6.94. The first-order valence-electron chi connectivity index (χ1n) is 13.9. The second-order valence-corrected chi connectivity index (χ2v) is 17.0. The summed E-state index contributed by atoms with van der Waals surface area (Å²) in [7, 11) is -0.472. The number of esters is 1. The summed E-state index contributed by atoms with van der Waals surface area (Å²) in [5, 5.41) is 1.13. The zero-order chi connectivity index (χ0) is 28.4. The summed E-state index contributed by atoms with van der Waals surface area (Å²) < 4.78 is 25.4. The Morgan fingerprint density at radius 2 is 1.95 bits per heavy atom. The van der Waals surface area contributed by atoms with Gasteiger partial charge in [-0.3, -0.25) is 4.90 Å². The molecule has 3 aromatic rings. The zero-order valence-electron chi connectivity index (χ0n) is 24.5. The van der Waals surface area contributed by atoms with Crippen molar-refractivity contribution in [3.8, 4) is 0 Å². The van der Waals surface area contributed by atoms with Crippen LogP contribution >= 0.6 is 0 Å². The van der Waals surface area contributed by atoms with Gasteiger partial charge < -0.3 is 14.1 Å². The van der Waals surface area contributed by atoms with Crippen molar-refractivity contribution in [2.75, 3.05) is 26.8 Å². The predicted molar refractivity (Wildman–Crippen MR) is 160 cm³/mol. The topological polar surface area (TPSA) is 54.6 Å². The molecular formula is C32H43FN2O3Si. The van der Waals surface area contributed by atoms with E-state index in [9.17, 15) is 9.18 Å². The van der Waals surface area contributed by atoms with Gasteiger partial charge in [-0.1, -0.05) is 39.0 Å². The maximum atomic E-state index is 14.1. The van der Waals surface area contributed by atoms with Crippen LogP contribution in [0.4, 0.5) is 4.39 Å². The molecule has 0 saturated heterocycles. The van der Waals surface area contributed by atoms with Gasteiger partial charge in [0.05, 0.1) is 7.11 Å². The number of fused-ring (bicyclic) bond motifs is 2. The van der Waals surface area contributed by atoms with Gasteiger partial charge in [0.25, 0.3) is 0 Å². The van der Waals surface area contributed by atoms with E-state index in [1.165, 1.54) is 35.9 Å². The molecule has 5 nitrogen and oxygen atoms in total. The third kappa shape index (κ3) is 6.71. The molecule has 0 spiro atoms. The SMILES string of the molecule is COC(=O)C=Cc1ccc2c(c1)CCC2N(CCO[Si](C)(C)C(C)(C)C)CCc1c(C)[nH]c2ccc(F)cc12. The van der Waals surface area contributed by atoms with Crippen molar-refractivity contribution in [2.45, 2.75) is 71.1 Å². The van der Waals surface area contributed by atoms with Crippen molar-refractivity contribution in [3.05, 3.63) is 76.2 Å². The van der Waals surface area contributed by atoms with Gasteiger partial charge in [0.2, 0.25) is 0 Å². The largest absolute Gasteiger partial charge is 0.466 e. The molecule has 1 atom stereocenters. The molecule has 1 aliphatic carbocycles. The minimum Gasteiger partial charge on any atom is -0.466 e. The van der Waals surface area contributed by atoms with Crippen LogP contribution < -0.4 is 0 Å². The fourth-order valence-electron chi connectivity index (χ4n) is 5.32. The number of aromatic amines is 1. The number of H-pyrrole nitrogens is 1. The number of nitrogens with zero attached hydrogens (tertiary/aromatic N) is 1. The van der Waals surface area contributed by atoms with E-state index in [4.69, 9.17) is 9.16 Å². The number of ether oxygens (including phenoxy) is 1. The first-order valence-corrected chi connectivity index (χ1v) is 16.8. The highest BCUT2D eigenvalue weighted by Crippen LogP contribution is 2.38. The van der Waals surface area contributed by atoms with Gasteiger partial charge in [-0.15, -0.1) is 0 Å². The Labute approximate surface area is 233 Å². The molecule has 39 heavy (non-hydrogen) atoms. The summed E-state index contributed by atoms with van der Waals surface area (Å²) in [5.74, 6) is -0.558. The van der Waals surface area contributed by atoms with E-state index in [1.54, 1.807) is 6.07 Å². The van der Waals surface area contributed by atoms with Crippen molar-refractivity contribution in [1.29, 1.82) is 0 Å². The standard InChI is InChI=1S/C32H43FN2O3Si/c1-22-26(28-21-25(33)11-13-29(28)34-22)16-17-35(18-19-38-39(6,7)32(2,3)4)30-14-10-24-20-23(8-12-27(24)30)9-15-31(36)37-5/h8-9,11-13,15,20-21,30,34H,10,14,16-19H2,1-7H3. The molecule has 0 fully saturated rings. The molecule has 0 amide bonds. The molecule has 1 N–H and O–H groups in total. The van der Waals surface area contributed by atoms with Crippen molar-refractivity contribution >= 4 is 31.3 Å². The Morgan fingerprint density at radius 1 is 1.18 bits per heavy atom. The van der Waals surface area contributed by atoms with Crippen molar-refractivity contribution in [2.24, 2.45) is 0 Å². The second-order valence-electron chi connectivity index (χ2n) is 12.2. The molecule has 0 saturated carbocycles. The fraction of sp³-hybridized carbons (Fsp3) is 0.469. The average Bonchev–Trinajstić information content (AvgIpc) is 3.43. The molecule has 0 aliphatic heterocycles. The first kappa shape index (κ1) is 29.2. The number of carbonyl (C=O) groups is 1. The van der Waals surface area contributed by atoms with E-state index in [-0.39, 0.29) is 16.8 Å². The fourth-order valence-corrected chi connectivity index (χ4v) is 6.36. The zero-order valence-corrected chi connectivity index (χ0v) is 25.5. The van der Waals surface area contributed by atoms with E-state index in [2.05, 4.69) is 68.9 Å². The number of hydrogen-bond acceptors (Lipinski definition) is 4. The molecule has 7 heteroatoms. The lowest BCUT2D eigenvalue weighted by molar-refractivity contribution is -0.134. The smallest absolute Gasteiger partial charge is 0.330 e. The number of hydrogen-bond donors (Lipinski definition) is 1. The molecule has 1 aromatic heterocycles. The number of carbonyl (C=O) groups excluding carboxylic acids is 1. The number of aryl methyl sites for hydroxylation is 2. The third-order valence-corrected chi connectivity index (χ3v) is 13.2. The summed E-state index contributed by atoms with van der Waals surface area (Å²) >= 11 is 0. The molecule has 0 radical (unpaired) electrons. The van der Waals surface area contributed by atoms with Gasteiger partial charge in [-0.05, 0) is 90.8 Å². The highest BCUT2D eigenvalue weighted by molar-refractivity contribution is 6.74. The summed E-state index contributed by atoms with van der Waals surface area (Å²) in [6.07, 6.45) is 6.15. The Balaban J connectivity index is 1.56. The van der Waals surface area contributed by atoms with E-state index in [0.29, 0.717) is 12.6 Å². The highest BCUT2D eigenvalue weighted by Gasteiger charge is 2.37. The van der Waals surface area contributed by atoms with Crippen LogP contribution in [0.2, 0.25) is 18.1 Å². The lowest BCUT2D eigenvalue weighted by Gasteiger charge is -2.37. The van der Waals surface area contributed by atoms with E-state index >= 15 is 0 Å². The molecule has 1 aliphatic rings. The molecule has 2 aromatic carbocycles. The number of halogens is 1. The summed E-state index contributed by atoms with van der Waals surface area (Å²) in [6, 6.07) is 11.7. The Hall–Kier alpha value is -2.74. The van der Waals surface area contributed by atoms with Gasteiger partial charge in [0.1, 0.15) is 5.82 Å². The van der Waals surface area contributed by atoms with Crippen LogP contribution in [0.3, 0.4) is 0 Å². The first-order chi connectivity index (χ1) is 18.4. The number of aromatic nitrogens is 1. The van der Waals surface area contributed by atoms with E-state index in [0.717, 1.165) is 54.5 Å². The van der Waals surface area contributed by atoms with E-state index < -0.39 is 8.32 Å². The number of benzene rings is 2. The van der Waals surface area contributed by atoms with Crippen molar-refractivity contribution < 1.29 is 18.3 Å². The van der Waals surface area contributed by atoms with Crippen LogP contribution in [-0.2, 0) is 26.8 Å². The Bertz CT molecular complexity index is 1360. The second kappa shape index (κ2) is 11.8. The van der Waals surface area contributed by atoms with Gasteiger partial charge in [-0.25, -0.2) is 9.18 Å². The Morgan fingerprint density at radius 3 is 2.67 bits per heavy atom. The van der Waals surface area contributed by atoms with Gasteiger partial charge in [-0.2, -0.15) is 0 Å². The normalized spacial score (nSPS) is 16.0. The number of nitrogens with one attached hydrogen (secondary N) is 1. The lowest BCUT2D eigenvalue weighted by Crippen LogP contribution is -2.43. The minimum atomic E-state index is -1.86. The molecule has 210 valence electrons.